The average molecular weight is 384 g/mol. The Balaban J connectivity index is 1.21. The largest absolute Gasteiger partial charge is 0.373 e. The van der Waals surface area contributed by atoms with Gasteiger partial charge in [0.15, 0.2) is 0 Å². The Morgan fingerprint density at radius 1 is 1.07 bits per heavy atom. The lowest BCUT2D eigenvalue weighted by molar-refractivity contribution is -0.193. The molecule has 0 aromatic heterocycles. The number of benzene rings is 1. The van der Waals surface area contributed by atoms with Gasteiger partial charge in [0, 0.05) is 32.7 Å². The van der Waals surface area contributed by atoms with Crippen LogP contribution in [0.3, 0.4) is 0 Å². The minimum Gasteiger partial charge on any atom is -0.373 e. The zero-order chi connectivity index (χ0) is 19.2. The van der Waals surface area contributed by atoms with Crippen molar-refractivity contribution in [2.45, 2.75) is 44.2 Å². The number of hydrogen-bond acceptors (Lipinski definition) is 4. The fraction of sp³-hybridized carbons (Fsp3) is 0.696. The number of carbonyl (C=O) groups excluding carboxylic acids is 1. The number of rotatable bonds is 4. The summed E-state index contributed by atoms with van der Waals surface area (Å²) in [7, 11) is 0. The van der Waals surface area contributed by atoms with Gasteiger partial charge in [-0.15, -0.1) is 0 Å². The predicted octanol–water partition coefficient (Wildman–Crippen LogP) is 2.25. The lowest BCUT2D eigenvalue weighted by Crippen LogP contribution is -2.59. The summed E-state index contributed by atoms with van der Waals surface area (Å²) in [6.07, 6.45) is 5.01. The minimum absolute atomic E-state index is 0.140. The molecule has 1 aromatic carbocycles. The normalized spacial score (nSPS) is 37.8. The van der Waals surface area contributed by atoms with Crippen LogP contribution in [0, 0.1) is 17.3 Å². The molecule has 5 aliphatic rings. The predicted molar refractivity (Wildman–Crippen MR) is 109 cm³/mol. The van der Waals surface area contributed by atoms with Crippen molar-refractivity contribution in [2.75, 3.05) is 39.3 Å². The molecule has 2 atom stereocenters. The van der Waals surface area contributed by atoms with Crippen LogP contribution in [0.2, 0.25) is 0 Å². The monoisotopic (exact) mass is 383 g/mol. The van der Waals surface area contributed by atoms with Crippen molar-refractivity contribution < 1.29 is 9.53 Å². The van der Waals surface area contributed by atoms with Crippen molar-refractivity contribution >= 4 is 5.91 Å². The van der Waals surface area contributed by atoms with E-state index in [-0.39, 0.29) is 11.0 Å². The summed E-state index contributed by atoms with van der Waals surface area (Å²) in [4.78, 5) is 18.2. The Labute approximate surface area is 168 Å². The summed E-state index contributed by atoms with van der Waals surface area (Å²) in [5, 5.41) is 0. The first-order valence-corrected chi connectivity index (χ1v) is 11.0. The first kappa shape index (κ1) is 18.6. The van der Waals surface area contributed by atoms with Crippen LogP contribution in [0.5, 0.6) is 0 Å². The Hall–Kier alpha value is -1.43. The third-order valence-electron chi connectivity index (χ3n) is 8.02. The first-order chi connectivity index (χ1) is 13.6. The minimum atomic E-state index is -0.270. The molecule has 1 saturated carbocycles. The molecule has 4 saturated heterocycles. The quantitative estimate of drug-likeness (QED) is 0.866. The van der Waals surface area contributed by atoms with Crippen LogP contribution in [0.1, 0.15) is 37.7 Å². The lowest BCUT2D eigenvalue weighted by Gasteiger charge is -2.52. The van der Waals surface area contributed by atoms with E-state index in [2.05, 4.69) is 40.1 Å². The number of nitrogens with zero attached hydrogens (tertiary/aromatic N) is 2. The molecule has 4 aliphatic heterocycles. The van der Waals surface area contributed by atoms with Gasteiger partial charge in [0.2, 0.25) is 5.91 Å². The molecule has 5 nitrogen and oxygen atoms in total. The van der Waals surface area contributed by atoms with Gasteiger partial charge in [-0.05, 0) is 56.0 Å². The smallest absolute Gasteiger partial charge is 0.231 e. The van der Waals surface area contributed by atoms with E-state index in [4.69, 9.17) is 10.5 Å². The number of ether oxygens (including phenoxy) is 1. The maximum atomic E-state index is 13.5. The van der Waals surface area contributed by atoms with Crippen molar-refractivity contribution in [1.82, 2.24) is 9.80 Å². The second-order valence-electron chi connectivity index (χ2n) is 9.70. The second-order valence-corrected chi connectivity index (χ2v) is 9.70. The first-order valence-electron chi connectivity index (χ1n) is 11.0. The fourth-order valence-corrected chi connectivity index (χ4v) is 6.03. The molecule has 5 fully saturated rings. The van der Waals surface area contributed by atoms with E-state index in [1.54, 1.807) is 0 Å². The molecule has 6 rings (SSSR count). The molecular weight excluding hydrogens is 350 g/mol. The van der Waals surface area contributed by atoms with Crippen molar-refractivity contribution in [3.8, 4) is 0 Å². The highest BCUT2D eigenvalue weighted by Gasteiger charge is 2.55. The standard InChI is InChI=1S/C23H33N3O2/c24-16-23-9-7-22(8-10-23,17-28-23)21(27)26-14-19-6-11-25(13-20(19)15-26)12-18-4-2-1-3-5-18/h1-5,19-20H,6-17,24H2/t19-,20+,22?,23?/m0/s1. The fourth-order valence-electron chi connectivity index (χ4n) is 6.03. The zero-order valence-electron chi connectivity index (χ0n) is 16.8. The highest BCUT2D eigenvalue weighted by atomic mass is 16.5. The molecule has 28 heavy (non-hydrogen) atoms. The molecular formula is C23H33N3O2. The maximum Gasteiger partial charge on any atom is 0.231 e. The van der Waals surface area contributed by atoms with Gasteiger partial charge in [0.1, 0.15) is 0 Å². The lowest BCUT2D eigenvalue weighted by atomic mass is 9.65. The number of nitrogens with two attached hydrogens (primary N) is 1. The second kappa shape index (κ2) is 7.12. The molecule has 1 amide bonds. The molecule has 4 heterocycles. The number of hydrogen-bond donors (Lipinski definition) is 1. The maximum absolute atomic E-state index is 13.5. The van der Waals surface area contributed by atoms with E-state index in [1.165, 1.54) is 12.0 Å². The van der Waals surface area contributed by atoms with Crippen LogP contribution in [0.15, 0.2) is 30.3 Å². The molecule has 0 unspecified atom stereocenters. The van der Waals surface area contributed by atoms with Crippen molar-refractivity contribution in [3.05, 3.63) is 35.9 Å². The molecule has 5 heteroatoms. The Morgan fingerprint density at radius 2 is 1.82 bits per heavy atom. The Kier molecular flexibility index (Phi) is 4.73. The van der Waals surface area contributed by atoms with Gasteiger partial charge in [-0.2, -0.15) is 0 Å². The summed E-state index contributed by atoms with van der Waals surface area (Å²) in [6, 6.07) is 10.7. The summed E-state index contributed by atoms with van der Waals surface area (Å²) in [5.74, 6) is 1.65. The number of fused-ring (bicyclic) bond motifs is 4. The summed E-state index contributed by atoms with van der Waals surface area (Å²) >= 11 is 0. The molecule has 0 radical (unpaired) electrons. The van der Waals surface area contributed by atoms with Crippen LogP contribution in [-0.4, -0.2) is 60.6 Å². The third-order valence-corrected chi connectivity index (χ3v) is 8.02. The highest BCUT2D eigenvalue weighted by Crippen LogP contribution is 2.50. The molecule has 1 aromatic rings. The number of likely N-dealkylation sites (tertiary alicyclic amines) is 2. The van der Waals surface area contributed by atoms with Crippen LogP contribution in [0.4, 0.5) is 0 Å². The van der Waals surface area contributed by atoms with Gasteiger partial charge < -0.3 is 15.4 Å². The van der Waals surface area contributed by atoms with Gasteiger partial charge in [0.05, 0.1) is 17.6 Å². The number of amides is 1. The van der Waals surface area contributed by atoms with E-state index < -0.39 is 0 Å². The number of carbonyl (C=O) groups is 1. The van der Waals surface area contributed by atoms with Crippen LogP contribution >= 0.6 is 0 Å². The summed E-state index contributed by atoms with van der Waals surface area (Å²) < 4.78 is 6.12. The zero-order valence-corrected chi connectivity index (χ0v) is 16.8. The Morgan fingerprint density at radius 3 is 2.50 bits per heavy atom. The van der Waals surface area contributed by atoms with E-state index in [0.717, 1.165) is 58.4 Å². The van der Waals surface area contributed by atoms with Gasteiger partial charge in [0.25, 0.3) is 0 Å². The van der Waals surface area contributed by atoms with Gasteiger partial charge in [-0.25, -0.2) is 0 Å². The Bertz CT molecular complexity index is 697. The average Bonchev–Trinajstić information content (AvgIpc) is 3.18. The van der Waals surface area contributed by atoms with E-state index in [9.17, 15) is 4.79 Å². The van der Waals surface area contributed by atoms with Gasteiger partial charge in [-0.3, -0.25) is 9.69 Å². The van der Waals surface area contributed by atoms with Crippen molar-refractivity contribution in [1.29, 1.82) is 0 Å². The summed E-state index contributed by atoms with van der Waals surface area (Å²) in [5.41, 5.74) is 6.91. The SMILES string of the molecule is NCC12CCC(C(=O)N3C[C@H]4CN(Cc5ccccc5)CC[C@H]4C3)(CC1)CO2. The van der Waals surface area contributed by atoms with E-state index >= 15 is 0 Å². The van der Waals surface area contributed by atoms with E-state index in [1.807, 2.05) is 0 Å². The number of piperidine rings is 1. The van der Waals surface area contributed by atoms with Crippen molar-refractivity contribution in [3.63, 3.8) is 0 Å². The van der Waals surface area contributed by atoms with Crippen LogP contribution in [0.25, 0.3) is 0 Å². The van der Waals surface area contributed by atoms with Crippen LogP contribution < -0.4 is 5.73 Å². The van der Waals surface area contributed by atoms with Gasteiger partial charge >= 0.3 is 0 Å². The van der Waals surface area contributed by atoms with Crippen molar-refractivity contribution in [2.24, 2.45) is 23.0 Å². The molecule has 1 aliphatic carbocycles. The molecule has 2 bridgehead atoms. The summed E-state index contributed by atoms with van der Waals surface area (Å²) in [6.45, 7) is 6.33. The molecule has 0 spiro atoms. The third kappa shape index (κ3) is 3.17. The topological polar surface area (TPSA) is 58.8 Å². The van der Waals surface area contributed by atoms with E-state index in [0.29, 0.717) is 30.9 Å². The van der Waals surface area contributed by atoms with Gasteiger partial charge in [-0.1, -0.05) is 30.3 Å². The molecule has 2 N–H and O–H groups in total. The highest BCUT2D eigenvalue weighted by molar-refractivity contribution is 5.83. The molecule has 152 valence electrons. The van der Waals surface area contributed by atoms with Crippen LogP contribution in [-0.2, 0) is 16.1 Å².